The van der Waals surface area contributed by atoms with Crippen molar-refractivity contribution in [3.8, 4) is 5.75 Å². The standard InChI is InChI=1S/C26H26N4O2/c1-19-12-13-24(32-2)23(16-19)29-26(31)25(21-9-4-3-5-10-21)28-22-11-6-8-20(17-22)18-30-15-7-14-27-30/h3-17,25,28H,18H2,1-2H3,(H,29,31). The van der Waals surface area contributed by atoms with Gasteiger partial charge in [0.15, 0.2) is 0 Å². The highest BCUT2D eigenvalue weighted by molar-refractivity contribution is 5.98. The van der Waals surface area contributed by atoms with Crippen molar-refractivity contribution in [3.05, 3.63) is 108 Å². The third-order valence-corrected chi connectivity index (χ3v) is 5.15. The maximum Gasteiger partial charge on any atom is 0.251 e. The smallest absolute Gasteiger partial charge is 0.251 e. The minimum absolute atomic E-state index is 0.169. The van der Waals surface area contributed by atoms with E-state index >= 15 is 0 Å². The molecule has 1 heterocycles. The molecule has 0 radical (unpaired) electrons. The minimum atomic E-state index is -0.582. The number of benzene rings is 3. The van der Waals surface area contributed by atoms with Crippen LogP contribution >= 0.6 is 0 Å². The molecule has 0 aliphatic rings. The topological polar surface area (TPSA) is 68.2 Å². The van der Waals surface area contributed by atoms with Crippen LogP contribution in [-0.2, 0) is 11.3 Å². The molecule has 6 heteroatoms. The lowest BCUT2D eigenvalue weighted by molar-refractivity contribution is -0.117. The van der Waals surface area contributed by atoms with E-state index in [2.05, 4.69) is 15.7 Å². The molecule has 0 spiro atoms. The Morgan fingerprint density at radius 3 is 2.62 bits per heavy atom. The Kier molecular flexibility index (Phi) is 6.51. The zero-order valence-electron chi connectivity index (χ0n) is 18.2. The Balaban J connectivity index is 1.59. The van der Waals surface area contributed by atoms with Crippen molar-refractivity contribution in [2.75, 3.05) is 17.7 Å². The molecule has 0 aliphatic heterocycles. The highest BCUT2D eigenvalue weighted by Crippen LogP contribution is 2.28. The Morgan fingerprint density at radius 2 is 1.88 bits per heavy atom. The summed E-state index contributed by atoms with van der Waals surface area (Å²) < 4.78 is 7.29. The molecule has 3 aromatic carbocycles. The molecule has 0 aliphatic carbocycles. The molecule has 1 atom stereocenters. The fraction of sp³-hybridized carbons (Fsp3) is 0.154. The molecule has 0 fully saturated rings. The summed E-state index contributed by atoms with van der Waals surface area (Å²) >= 11 is 0. The first-order valence-electron chi connectivity index (χ1n) is 10.5. The van der Waals surface area contributed by atoms with Crippen LogP contribution in [0.5, 0.6) is 5.75 Å². The highest BCUT2D eigenvalue weighted by atomic mass is 16.5. The van der Waals surface area contributed by atoms with Crippen LogP contribution in [0.25, 0.3) is 0 Å². The van der Waals surface area contributed by atoms with Gasteiger partial charge in [0.05, 0.1) is 19.3 Å². The van der Waals surface area contributed by atoms with Crippen LogP contribution in [0.3, 0.4) is 0 Å². The molecule has 162 valence electrons. The molecule has 0 saturated carbocycles. The average Bonchev–Trinajstić information content (AvgIpc) is 3.31. The van der Waals surface area contributed by atoms with Gasteiger partial charge in [0.25, 0.3) is 5.91 Å². The predicted molar refractivity (Wildman–Crippen MR) is 127 cm³/mol. The summed E-state index contributed by atoms with van der Waals surface area (Å²) in [6.07, 6.45) is 3.69. The van der Waals surface area contributed by atoms with E-state index in [1.54, 1.807) is 13.3 Å². The first-order chi connectivity index (χ1) is 15.6. The number of aryl methyl sites for hydroxylation is 1. The largest absolute Gasteiger partial charge is 0.495 e. The second-order valence-corrected chi connectivity index (χ2v) is 7.59. The van der Waals surface area contributed by atoms with Gasteiger partial charge in [-0.3, -0.25) is 9.48 Å². The minimum Gasteiger partial charge on any atom is -0.495 e. The number of rotatable bonds is 8. The molecule has 6 nitrogen and oxygen atoms in total. The molecule has 1 aromatic heterocycles. The quantitative estimate of drug-likeness (QED) is 0.414. The molecule has 1 unspecified atom stereocenters. The molecule has 4 aromatic rings. The molecular formula is C26H26N4O2. The van der Waals surface area contributed by atoms with Gasteiger partial charge in [0.1, 0.15) is 11.8 Å². The fourth-order valence-corrected chi connectivity index (χ4v) is 3.58. The van der Waals surface area contributed by atoms with Crippen LogP contribution in [0.15, 0.2) is 91.3 Å². The number of hydrogen-bond acceptors (Lipinski definition) is 4. The maximum atomic E-state index is 13.4. The molecule has 0 bridgehead atoms. The van der Waals surface area contributed by atoms with Crippen LogP contribution in [0.2, 0.25) is 0 Å². The lowest BCUT2D eigenvalue weighted by atomic mass is 10.0. The van der Waals surface area contributed by atoms with Gasteiger partial charge in [-0.15, -0.1) is 0 Å². The monoisotopic (exact) mass is 426 g/mol. The molecule has 32 heavy (non-hydrogen) atoms. The van der Waals surface area contributed by atoms with Gasteiger partial charge < -0.3 is 15.4 Å². The summed E-state index contributed by atoms with van der Waals surface area (Å²) in [5, 5.41) is 10.7. The van der Waals surface area contributed by atoms with Crippen molar-refractivity contribution in [2.45, 2.75) is 19.5 Å². The molecule has 1 amide bonds. The van der Waals surface area contributed by atoms with E-state index in [1.165, 1.54) is 0 Å². The zero-order valence-corrected chi connectivity index (χ0v) is 18.2. The number of methoxy groups -OCH3 is 1. The van der Waals surface area contributed by atoms with Crippen molar-refractivity contribution in [2.24, 2.45) is 0 Å². The summed E-state index contributed by atoms with van der Waals surface area (Å²) in [5.41, 5.74) is 4.50. The third-order valence-electron chi connectivity index (χ3n) is 5.15. The molecule has 0 saturated heterocycles. The number of amides is 1. The first kappa shape index (κ1) is 21.2. The number of anilines is 2. The number of nitrogens with one attached hydrogen (secondary N) is 2. The van der Waals surface area contributed by atoms with E-state index in [1.807, 2.05) is 96.7 Å². The van der Waals surface area contributed by atoms with Gasteiger partial charge in [0.2, 0.25) is 0 Å². The zero-order chi connectivity index (χ0) is 22.3. The summed E-state index contributed by atoms with van der Waals surface area (Å²) in [6.45, 7) is 2.64. The van der Waals surface area contributed by atoms with Crippen molar-refractivity contribution < 1.29 is 9.53 Å². The van der Waals surface area contributed by atoms with Gasteiger partial charge in [-0.1, -0.05) is 48.5 Å². The Bertz CT molecular complexity index is 1170. The normalized spacial score (nSPS) is 11.6. The van der Waals surface area contributed by atoms with E-state index in [-0.39, 0.29) is 5.91 Å². The van der Waals surface area contributed by atoms with Crippen molar-refractivity contribution in [1.29, 1.82) is 0 Å². The van der Waals surface area contributed by atoms with E-state index < -0.39 is 6.04 Å². The van der Waals surface area contributed by atoms with Crippen LogP contribution in [0, 0.1) is 6.92 Å². The van der Waals surface area contributed by atoms with Gasteiger partial charge in [0, 0.05) is 18.1 Å². The first-order valence-corrected chi connectivity index (χ1v) is 10.5. The van der Waals surface area contributed by atoms with Gasteiger partial charge >= 0.3 is 0 Å². The highest BCUT2D eigenvalue weighted by Gasteiger charge is 2.22. The average molecular weight is 427 g/mol. The van der Waals surface area contributed by atoms with Crippen LogP contribution in [0.4, 0.5) is 11.4 Å². The number of nitrogens with zero attached hydrogens (tertiary/aromatic N) is 2. The third kappa shape index (κ3) is 5.16. The SMILES string of the molecule is COc1ccc(C)cc1NC(=O)C(Nc1cccc(Cn2cccn2)c1)c1ccccc1. The second kappa shape index (κ2) is 9.83. The summed E-state index contributed by atoms with van der Waals surface area (Å²) in [7, 11) is 1.60. The van der Waals surface area contributed by atoms with Gasteiger partial charge in [-0.2, -0.15) is 5.10 Å². The van der Waals surface area contributed by atoms with Crippen molar-refractivity contribution >= 4 is 17.3 Å². The summed E-state index contributed by atoms with van der Waals surface area (Å²) in [4.78, 5) is 13.4. The summed E-state index contributed by atoms with van der Waals surface area (Å²) in [6, 6.07) is 24.7. The Hall–Kier alpha value is -4.06. The molecular weight excluding hydrogens is 400 g/mol. The van der Waals surface area contributed by atoms with Crippen molar-refractivity contribution in [1.82, 2.24) is 9.78 Å². The second-order valence-electron chi connectivity index (χ2n) is 7.59. The lowest BCUT2D eigenvalue weighted by Crippen LogP contribution is -2.27. The molecule has 2 N–H and O–H groups in total. The van der Waals surface area contributed by atoms with Crippen LogP contribution in [-0.4, -0.2) is 22.8 Å². The number of carbonyl (C=O) groups excluding carboxylic acids is 1. The predicted octanol–water partition coefficient (Wildman–Crippen LogP) is 5.04. The maximum absolute atomic E-state index is 13.4. The number of aromatic nitrogens is 2. The number of hydrogen-bond donors (Lipinski definition) is 2. The fourth-order valence-electron chi connectivity index (χ4n) is 3.58. The molecule has 4 rings (SSSR count). The number of carbonyl (C=O) groups is 1. The van der Waals surface area contributed by atoms with Crippen molar-refractivity contribution in [3.63, 3.8) is 0 Å². The number of ether oxygens (including phenoxy) is 1. The van der Waals surface area contributed by atoms with E-state index in [0.717, 1.165) is 22.4 Å². The summed E-state index contributed by atoms with van der Waals surface area (Å²) in [5.74, 6) is 0.453. The lowest BCUT2D eigenvalue weighted by Gasteiger charge is -2.21. The van der Waals surface area contributed by atoms with Crippen LogP contribution < -0.4 is 15.4 Å². The van der Waals surface area contributed by atoms with E-state index in [0.29, 0.717) is 18.0 Å². The Labute approximate surface area is 187 Å². The van der Waals surface area contributed by atoms with Gasteiger partial charge in [-0.25, -0.2) is 0 Å². The van der Waals surface area contributed by atoms with Gasteiger partial charge in [-0.05, 0) is 53.9 Å². The van der Waals surface area contributed by atoms with Crippen LogP contribution in [0.1, 0.15) is 22.7 Å². The Morgan fingerprint density at radius 1 is 1.03 bits per heavy atom. The van der Waals surface area contributed by atoms with E-state index in [4.69, 9.17) is 4.74 Å². The van der Waals surface area contributed by atoms with E-state index in [9.17, 15) is 4.79 Å².